The summed E-state index contributed by atoms with van der Waals surface area (Å²) in [6.07, 6.45) is 24.5. The second-order valence-corrected chi connectivity index (χ2v) is 13.1. The van der Waals surface area contributed by atoms with Crippen molar-refractivity contribution in [2.24, 2.45) is 0 Å². The third-order valence-electron chi connectivity index (χ3n) is 6.77. The molecular formula is C29H61NO5P+. The zero-order valence-corrected chi connectivity index (χ0v) is 25.6. The smallest absolute Gasteiger partial charge is 0.379 e. The lowest BCUT2D eigenvalue weighted by atomic mass is 10.1. The molecule has 0 aliphatic carbocycles. The Bertz CT molecular complexity index is 564. The minimum Gasteiger partial charge on any atom is -0.379 e. The highest BCUT2D eigenvalue weighted by molar-refractivity contribution is 7.53. The highest BCUT2D eigenvalue weighted by Crippen LogP contribution is 2.51. The summed E-state index contributed by atoms with van der Waals surface area (Å²) < 4.78 is 29.6. The van der Waals surface area contributed by atoms with Crippen LogP contribution in [-0.2, 0) is 18.6 Å². The van der Waals surface area contributed by atoms with Crippen molar-refractivity contribution in [3.8, 4) is 0 Å². The van der Waals surface area contributed by atoms with Crippen LogP contribution in [0.2, 0.25) is 0 Å². The number of quaternary nitrogens is 1. The van der Waals surface area contributed by atoms with Crippen molar-refractivity contribution < 1.29 is 27.9 Å². The van der Waals surface area contributed by atoms with E-state index in [1.165, 1.54) is 89.9 Å². The summed E-state index contributed by atoms with van der Waals surface area (Å²) in [5.41, 5.74) is 0. The molecule has 0 aliphatic heterocycles. The fourth-order valence-electron chi connectivity index (χ4n) is 4.52. The minimum atomic E-state index is -3.74. The van der Waals surface area contributed by atoms with Crippen LogP contribution < -0.4 is 0 Å². The lowest BCUT2D eigenvalue weighted by Gasteiger charge is -2.35. The molecule has 0 rings (SSSR count). The number of unbranched alkanes of at least 4 members (excludes halogenated alkanes) is 13. The van der Waals surface area contributed by atoms with E-state index in [9.17, 15) is 9.46 Å². The topological polar surface area (TPSA) is 65.0 Å². The summed E-state index contributed by atoms with van der Waals surface area (Å²) >= 11 is 0. The van der Waals surface area contributed by atoms with Crippen LogP contribution in [0.25, 0.3) is 0 Å². The average molecular weight is 535 g/mol. The van der Waals surface area contributed by atoms with E-state index in [1.54, 1.807) is 7.11 Å². The number of hydrogen-bond donors (Lipinski definition) is 1. The van der Waals surface area contributed by atoms with E-state index >= 15 is 0 Å². The maximum atomic E-state index is 12.7. The first kappa shape index (κ1) is 35.8. The molecule has 36 heavy (non-hydrogen) atoms. The quantitative estimate of drug-likeness (QED) is 0.0526. The largest absolute Gasteiger partial charge is 0.385 e. The van der Waals surface area contributed by atoms with E-state index in [0.717, 1.165) is 6.42 Å². The monoisotopic (exact) mass is 534 g/mol. The van der Waals surface area contributed by atoms with Crippen LogP contribution in [0.3, 0.4) is 0 Å². The minimum absolute atomic E-state index is 0.0656. The SMILES string of the molecule is CCCCCC/C=C\CCCCCCCCCCCOC[C@H](COP(=O)(O)C(CC)[N+](C)(C)C)OC. The molecule has 0 fully saturated rings. The molecule has 0 saturated heterocycles. The first-order valence-corrected chi connectivity index (χ1v) is 16.4. The Kier molecular flexibility index (Phi) is 22.6. The summed E-state index contributed by atoms with van der Waals surface area (Å²) in [4.78, 5) is 10.4. The van der Waals surface area contributed by atoms with E-state index in [1.807, 2.05) is 28.1 Å². The molecule has 0 aromatic rings. The van der Waals surface area contributed by atoms with Gasteiger partial charge in [-0.15, -0.1) is 0 Å². The summed E-state index contributed by atoms with van der Waals surface area (Å²) in [6.45, 7) is 5.31. The van der Waals surface area contributed by atoms with Gasteiger partial charge < -0.3 is 23.4 Å². The third kappa shape index (κ3) is 19.8. The fourth-order valence-corrected chi connectivity index (χ4v) is 6.41. The summed E-state index contributed by atoms with van der Waals surface area (Å²) in [7, 11) is 3.58. The van der Waals surface area contributed by atoms with E-state index in [2.05, 4.69) is 19.1 Å². The van der Waals surface area contributed by atoms with Crippen LogP contribution in [0.15, 0.2) is 12.2 Å². The summed E-state index contributed by atoms with van der Waals surface area (Å²) in [5, 5.41) is 0. The van der Waals surface area contributed by atoms with Gasteiger partial charge in [0.25, 0.3) is 0 Å². The molecule has 0 aromatic carbocycles. The normalized spacial score (nSPS) is 15.9. The molecule has 0 aliphatic rings. The molecule has 6 nitrogen and oxygen atoms in total. The average Bonchev–Trinajstić information content (AvgIpc) is 2.81. The lowest BCUT2D eigenvalue weighted by molar-refractivity contribution is -0.883. The second-order valence-electron chi connectivity index (χ2n) is 11.1. The van der Waals surface area contributed by atoms with Crippen molar-refractivity contribution in [2.45, 2.75) is 128 Å². The fraction of sp³-hybridized carbons (Fsp3) is 0.931. The van der Waals surface area contributed by atoms with Crippen molar-refractivity contribution >= 4 is 7.60 Å². The van der Waals surface area contributed by atoms with Crippen molar-refractivity contribution in [2.75, 3.05) is 48.1 Å². The zero-order valence-electron chi connectivity index (χ0n) is 24.7. The van der Waals surface area contributed by atoms with Gasteiger partial charge in [0.15, 0.2) is 5.78 Å². The molecule has 0 heterocycles. The Balaban J connectivity index is 3.64. The molecule has 1 N–H and O–H groups in total. The van der Waals surface area contributed by atoms with Crippen molar-refractivity contribution in [1.82, 2.24) is 0 Å². The van der Waals surface area contributed by atoms with E-state index in [4.69, 9.17) is 14.0 Å². The number of nitrogens with zero attached hydrogens (tertiary/aromatic N) is 1. The van der Waals surface area contributed by atoms with Gasteiger partial charge in [-0.3, -0.25) is 4.57 Å². The van der Waals surface area contributed by atoms with Gasteiger partial charge in [-0.1, -0.05) is 90.2 Å². The third-order valence-corrected chi connectivity index (χ3v) is 9.10. The van der Waals surface area contributed by atoms with Gasteiger partial charge in [-0.2, -0.15) is 0 Å². The van der Waals surface area contributed by atoms with Crippen LogP contribution in [0.1, 0.15) is 117 Å². The van der Waals surface area contributed by atoms with Crippen LogP contribution in [0.5, 0.6) is 0 Å². The van der Waals surface area contributed by atoms with Gasteiger partial charge >= 0.3 is 7.60 Å². The molecular weight excluding hydrogens is 473 g/mol. The predicted molar refractivity (Wildman–Crippen MR) is 154 cm³/mol. The van der Waals surface area contributed by atoms with Gasteiger partial charge in [-0.05, 0) is 32.1 Å². The van der Waals surface area contributed by atoms with Gasteiger partial charge in [0.05, 0.1) is 34.4 Å². The second kappa shape index (κ2) is 22.7. The molecule has 0 saturated carbocycles. The molecule has 2 unspecified atom stereocenters. The van der Waals surface area contributed by atoms with Crippen LogP contribution in [0.4, 0.5) is 0 Å². The standard InChI is InChI=1S/C29H60NO5P/c1-7-9-10-11-12-13-14-15-16-17-18-19-20-21-22-23-24-25-34-26-28(33-6)27-35-36(31,32)29(8-2)30(3,4)5/h13-14,28-29H,7-12,15-27H2,1-6H3/p+1/b14-13-/t28-,29?/m1/s1. The first-order chi connectivity index (χ1) is 17.2. The van der Waals surface area contributed by atoms with Gasteiger partial charge in [-0.25, -0.2) is 0 Å². The van der Waals surface area contributed by atoms with Crippen LogP contribution >= 0.6 is 7.60 Å². The predicted octanol–water partition coefficient (Wildman–Crippen LogP) is 8.09. The number of rotatable bonds is 26. The molecule has 0 aromatic heterocycles. The Morgan fingerprint density at radius 3 is 1.75 bits per heavy atom. The molecule has 0 amide bonds. The van der Waals surface area contributed by atoms with Gasteiger partial charge in [0.1, 0.15) is 6.10 Å². The molecule has 0 spiro atoms. The van der Waals surface area contributed by atoms with E-state index in [-0.39, 0.29) is 12.7 Å². The molecule has 3 atom stereocenters. The summed E-state index contributed by atoms with van der Waals surface area (Å²) in [6, 6.07) is 0. The Hall–Kier alpha value is -0.230. The van der Waals surface area contributed by atoms with Gasteiger partial charge in [0.2, 0.25) is 0 Å². The Morgan fingerprint density at radius 1 is 0.778 bits per heavy atom. The summed E-state index contributed by atoms with van der Waals surface area (Å²) in [5.74, 6) is -0.456. The first-order valence-electron chi connectivity index (χ1n) is 14.7. The number of methoxy groups -OCH3 is 1. The van der Waals surface area contributed by atoms with Crippen molar-refractivity contribution in [3.63, 3.8) is 0 Å². The highest BCUT2D eigenvalue weighted by Gasteiger charge is 2.41. The maximum absolute atomic E-state index is 12.7. The molecule has 7 heteroatoms. The lowest BCUT2D eigenvalue weighted by Crippen LogP contribution is -2.45. The zero-order chi connectivity index (χ0) is 27.1. The van der Waals surface area contributed by atoms with Crippen LogP contribution in [0, 0.1) is 0 Å². The number of allylic oxidation sites excluding steroid dienone is 2. The number of ether oxygens (including phenoxy) is 2. The Morgan fingerprint density at radius 2 is 1.28 bits per heavy atom. The number of hydrogen-bond acceptors (Lipinski definition) is 4. The van der Waals surface area contributed by atoms with Crippen molar-refractivity contribution in [1.29, 1.82) is 0 Å². The van der Waals surface area contributed by atoms with E-state index < -0.39 is 13.4 Å². The van der Waals surface area contributed by atoms with Crippen molar-refractivity contribution in [3.05, 3.63) is 12.2 Å². The maximum Gasteiger partial charge on any atom is 0.385 e. The van der Waals surface area contributed by atoms with Crippen LogP contribution in [-0.4, -0.2) is 69.3 Å². The molecule has 0 radical (unpaired) electrons. The molecule has 216 valence electrons. The van der Waals surface area contributed by atoms with Gasteiger partial charge in [0, 0.05) is 20.1 Å². The highest BCUT2D eigenvalue weighted by atomic mass is 31.2. The molecule has 0 bridgehead atoms. The Labute approximate surface area is 224 Å². The van der Waals surface area contributed by atoms with E-state index in [0.29, 0.717) is 24.1 Å².